The summed E-state index contributed by atoms with van der Waals surface area (Å²) in [5.41, 5.74) is 0.619. The summed E-state index contributed by atoms with van der Waals surface area (Å²) in [5.74, 6) is 0.905. The molecular weight excluding hydrogens is 270 g/mol. The van der Waals surface area contributed by atoms with E-state index in [2.05, 4.69) is 15.2 Å². The quantitative estimate of drug-likeness (QED) is 0.832. The number of carbonyl (C=O) groups is 2. The van der Waals surface area contributed by atoms with Crippen LogP contribution in [0.25, 0.3) is 0 Å². The SMILES string of the molecule is CC(=O)c1ccc(N2C3CCC2CC(NC(=O)O)C3)nc1. The largest absolute Gasteiger partial charge is 0.465 e. The molecule has 2 N–H and O–H groups in total. The summed E-state index contributed by atoms with van der Waals surface area (Å²) in [4.78, 5) is 28.8. The Morgan fingerprint density at radius 2 is 1.95 bits per heavy atom. The van der Waals surface area contributed by atoms with Crippen LogP contribution >= 0.6 is 0 Å². The number of nitrogens with zero attached hydrogens (tertiary/aromatic N) is 2. The van der Waals surface area contributed by atoms with E-state index in [1.807, 2.05) is 12.1 Å². The minimum absolute atomic E-state index is 0.0152. The molecular formula is C15H19N3O3. The van der Waals surface area contributed by atoms with Gasteiger partial charge in [-0.1, -0.05) is 0 Å². The number of carbonyl (C=O) groups excluding carboxylic acids is 1. The number of anilines is 1. The van der Waals surface area contributed by atoms with Gasteiger partial charge >= 0.3 is 6.09 Å². The van der Waals surface area contributed by atoms with Crippen LogP contribution in [0.15, 0.2) is 18.3 Å². The lowest BCUT2D eigenvalue weighted by Gasteiger charge is -2.39. The van der Waals surface area contributed by atoms with E-state index in [-0.39, 0.29) is 11.8 Å². The van der Waals surface area contributed by atoms with Crippen molar-refractivity contribution >= 4 is 17.7 Å². The standard InChI is InChI=1S/C15H19N3O3/c1-9(19)10-2-5-14(16-8-10)18-12-3-4-13(18)7-11(6-12)17-15(20)21/h2,5,8,11-13,17H,3-4,6-7H2,1H3,(H,20,21). The summed E-state index contributed by atoms with van der Waals surface area (Å²) in [7, 11) is 0. The third-order valence-corrected chi connectivity index (χ3v) is 4.48. The fraction of sp³-hybridized carbons (Fsp3) is 0.533. The predicted molar refractivity (Wildman–Crippen MR) is 77.7 cm³/mol. The first-order valence-electron chi connectivity index (χ1n) is 7.29. The van der Waals surface area contributed by atoms with Crippen molar-refractivity contribution in [2.45, 2.75) is 50.7 Å². The first-order valence-corrected chi connectivity index (χ1v) is 7.29. The molecule has 112 valence electrons. The zero-order valence-corrected chi connectivity index (χ0v) is 12.0. The number of ketones is 1. The Kier molecular flexibility index (Phi) is 3.53. The molecule has 1 amide bonds. The van der Waals surface area contributed by atoms with Gasteiger partial charge < -0.3 is 15.3 Å². The molecule has 6 nitrogen and oxygen atoms in total. The molecule has 2 aliphatic rings. The van der Waals surface area contributed by atoms with Gasteiger partial charge in [-0.15, -0.1) is 0 Å². The normalized spacial score (nSPS) is 27.5. The molecule has 0 aromatic carbocycles. The molecule has 2 atom stereocenters. The number of pyridine rings is 1. The minimum Gasteiger partial charge on any atom is -0.465 e. The smallest absolute Gasteiger partial charge is 0.404 e. The van der Waals surface area contributed by atoms with Crippen LogP contribution in [0.5, 0.6) is 0 Å². The fourth-order valence-electron chi connectivity index (χ4n) is 3.59. The van der Waals surface area contributed by atoms with Crippen LogP contribution in [-0.2, 0) is 0 Å². The van der Waals surface area contributed by atoms with E-state index in [4.69, 9.17) is 5.11 Å². The summed E-state index contributed by atoms with van der Waals surface area (Å²) >= 11 is 0. The molecule has 1 aromatic rings. The number of hydrogen-bond acceptors (Lipinski definition) is 4. The van der Waals surface area contributed by atoms with E-state index in [1.54, 1.807) is 6.20 Å². The van der Waals surface area contributed by atoms with Crippen molar-refractivity contribution in [3.63, 3.8) is 0 Å². The van der Waals surface area contributed by atoms with Gasteiger partial charge in [0.15, 0.2) is 5.78 Å². The van der Waals surface area contributed by atoms with Gasteiger partial charge in [0, 0.05) is 29.9 Å². The number of nitrogens with one attached hydrogen (secondary N) is 1. The molecule has 0 radical (unpaired) electrons. The summed E-state index contributed by atoms with van der Waals surface area (Å²) in [6.45, 7) is 1.53. The third-order valence-electron chi connectivity index (χ3n) is 4.48. The second-order valence-electron chi connectivity index (χ2n) is 5.87. The zero-order chi connectivity index (χ0) is 15.0. The van der Waals surface area contributed by atoms with Crippen LogP contribution in [0, 0.1) is 0 Å². The molecule has 2 fully saturated rings. The number of piperidine rings is 1. The molecule has 2 bridgehead atoms. The third kappa shape index (κ3) is 2.70. The van der Waals surface area contributed by atoms with Crippen molar-refractivity contribution in [3.05, 3.63) is 23.9 Å². The average Bonchev–Trinajstić information content (AvgIpc) is 2.70. The second-order valence-corrected chi connectivity index (χ2v) is 5.87. The van der Waals surface area contributed by atoms with Gasteiger partial charge in [0.25, 0.3) is 0 Å². The van der Waals surface area contributed by atoms with Crippen LogP contribution in [0.4, 0.5) is 10.6 Å². The summed E-state index contributed by atoms with van der Waals surface area (Å²) in [6, 6.07) is 4.40. The van der Waals surface area contributed by atoms with Crippen molar-refractivity contribution in [2.75, 3.05) is 4.90 Å². The van der Waals surface area contributed by atoms with E-state index < -0.39 is 6.09 Å². The zero-order valence-electron chi connectivity index (χ0n) is 12.0. The molecule has 2 unspecified atom stereocenters. The molecule has 3 rings (SSSR count). The van der Waals surface area contributed by atoms with Crippen LogP contribution in [0.1, 0.15) is 43.0 Å². The van der Waals surface area contributed by atoms with Gasteiger partial charge in [-0.25, -0.2) is 9.78 Å². The molecule has 0 saturated carbocycles. The van der Waals surface area contributed by atoms with Gasteiger partial charge in [-0.05, 0) is 44.7 Å². The molecule has 2 aliphatic heterocycles. The first kappa shape index (κ1) is 13.9. The van der Waals surface area contributed by atoms with Crippen LogP contribution in [-0.4, -0.2) is 40.1 Å². The lowest BCUT2D eigenvalue weighted by atomic mass is 9.97. The highest BCUT2D eigenvalue weighted by Crippen LogP contribution is 2.38. The Hall–Kier alpha value is -2.11. The first-order chi connectivity index (χ1) is 10.0. The Morgan fingerprint density at radius 3 is 2.43 bits per heavy atom. The molecule has 21 heavy (non-hydrogen) atoms. The summed E-state index contributed by atoms with van der Waals surface area (Å²) in [6.07, 6.45) is 4.45. The second kappa shape index (κ2) is 5.35. The number of carboxylic acid groups (broad SMARTS) is 1. The van der Waals surface area contributed by atoms with E-state index in [1.165, 1.54) is 6.92 Å². The van der Waals surface area contributed by atoms with Gasteiger partial charge in [-0.2, -0.15) is 0 Å². The maximum Gasteiger partial charge on any atom is 0.404 e. The Morgan fingerprint density at radius 1 is 1.29 bits per heavy atom. The van der Waals surface area contributed by atoms with Crippen molar-refractivity contribution in [3.8, 4) is 0 Å². The molecule has 2 saturated heterocycles. The highest BCUT2D eigenvalue weighted by Gasteiger charge is 2.41. The molecule has 6 heteroatoms. The van der Waals surface area contributed by atoms with Gasteiger partial charge in [-0.3, -0.25) is 4.79 Å². The monoisotopic (exact) mass is 289 g/mol. The van der Waals surface area contributed by atoms with Gasteiger partial charge in [0.1, 0.15) is 5.82 Å². The number of fused-ring (bicyclic) bond motifs is 2. The van der Waals surface area contributed by atoms with E-state index in [0.717, 1.165) is 31.5 Å². The van der Waals surface area contributed by atoms with Crippen molar-refractivity contribution in [1.82, 2.24) is 10.3 Å². The minimum atomic E-state index is -0.947. The number of Topliss-reactive ketones (excluding diaryl/α,β-unsaturated/α-hetero) is 1. The predicted octanol–water partition coefficient (Wildman–Crippen LogP) is 2.05. The maximum absolute atomic E-state index is 11.3. The van der Waals surface area contributed by atoms with Crippen LogP contribution in [0.2, 0.25) is 0 Å². The highest BCUT2D eigenvalue weighted by atomic mass is 16.4. The maximum atomic E-state index is 11.3. The molecule has 1 aromatic heterocycles. The Labute approximate surface area is 123 Å². The number of aromatic nitrogens is 1. The molecule has 0 aliphatic carbocycles. The molecule has 0 spiro atoms. The lowest BCUT2D eigenvalue weighted by molar-refractivity contribution is 0.101. The van der Waals surface area contributed by atoms with E-state index >= 15 is 0 Å². The Bertz CT molecular complexity index is 544. The fourth-order valence-corrected chi connectivity index (χ4v) is 3.59. The van der Waals surface area contributed by atoms with E-state index in [9.17, 15) is 9.59 Å². The van der Waals surface area contributed by atoms with Crippen molar-refractivity contribution < 1.29 is 14.7 Å². The average molecular weight is 289 g/mol. The summed E-state index contributed by atoms with van der Waals surface area (Å²) in [5, 5.41) is 11.5. The number of amides is 1. The number of rotatable bonds is 3. The van der Waals surface area contributed by atoms with Gasteiger partial charge in [0.2, 0.25) is 0 Å². The molecule has 3 heterocycles. The van der Waals surface area contributed by atoms with Crippen molar-refractivity contribution in [1.29, 1.82) is 0 Å². The Balaban J connectivity index is 1.75. The lowest BCUT2D eigenvalue weighted by Crippen LogP contribution is -2.50. The number of hydrogen-bond donors (Lipinski definition) is 2. The van der Waals surface area contributed by atoms with Gasteiger partial charge in [0.05, 0.1) is 0 Å². The summed E-state index contributed by atoms with van der Waals surface area (Å²) < 4.78 is 0. The topological polar surface area (TPSA) is 82.5 Å². The van der Waals surface area contributed by atoms with Crippen LogP contribution in [0.3, 0.4) is 0 Å². The van der Waals surface area contributed by atoms with E-state index in [0.29, 0.717) is 17.6 Å². The van der Waals surface area contributed by atoms with Crippen molar-refractivity contribution in [2.24, 2.45) is 0 Å². The highest BCUT2D eigenvalue weighted by molar-refractivity contribution is 5.93. The van der Waals surface area contributed by atoms with Crippen LogP contribution < -0.4 is 10.2 Å².